The van der Waals surface area contributed by atoms with Crippen molar-refractivity contribution in [3.05, 3.63) is 57.6 Å². The molecular formula is C16H15Cl2NO3. The highest BCUT2D eigenvalue weighted by molar-refractivity contribution is 6.35. The average molecular weight is 340 g/mol. The first-order valence-electron chi connectivity index (χ1n) is 6.65. The first-order valence-corrected chi connectivity index (χ1v) is 7.41. The van der Waals surface area contributed by atoms with Crippen molar-refractivity contribution in [2.45, 2.75) is 13.5 Å². The van der Waals surface area contributed by atoms with Crippen molar-refractivity contribution < 1.29 is 14.3 Å². The Morgan fingerprint density at radius 1 is 1.09 bits per heavy atom. The molecule has 2 N–H and O–H groups in total. The summed E-state index contributed by atoms with van der Waals surface area (Å²) in [5.74, 6) is 0.409. The maximum atomic E-state index is 11.2. The van der Waals surface area contributed by atoms with E-state index in [0.29, 0.717) is 39.3 Å². The van der Waals surface area contributed by atoms with E-state index in [4.69, 9.17) is 38.4 Å². The summed E-state index contributed by atoms with van der Waals surface area (Å²) in [6, 6.07) is 10.0. The fraction of sp³-hybridized carbons (Fsp3) is 0.188. The smallest absolute Gasteiger partial charge is 0.248 e. The maximum Gasteiger partial charge on any atom is 0.248 e. The molecule has 2 rings (SSSR count). The Bertz CT molecular complexity index is 669. The van der Waals surface area contributed by atoms with Gasteiger partial charge in [-0.1, -0.05) is 29.3 Å². The van der Waals surface area contributed by atoms with Crippen LogP contribution in [0.4, 0.5) is 0 Å². The normalized spacial score (nSPS) is 10.3. The predicted molar refractivity (Wildman–Crippen MR) is 86.9 cm³/mol. The minimum absolute atomic E-state index is 0.189. The largest absolute Gasteiger partial charge is 0.490 e. The van der Waals surface area contributed by atoms with Crippen molar-refractivity contribution in [1.82, 2.24) is 0 Å². The molecule has 0 aliphatic carbocycles. The number of amides is 1. The third-order valence-electron chi connectivity index (χ3n) is 2.96. The summed E-state index contributed by atoms with van der Waals surface area (Å²) in [5.41, 5.74) is 6.30. The minimum atomic E-state index is -0.526. The third-order valence-corrected chi connectivity index (χ3v) is 3.67. The molecule has 116 valence electrons. The summed E-state index contributed by atoms with van der Waals surface area (Å²) in [5, 5.41) is 1.05. The van der Waals surface area contributed by atoms with E-state index in [9.17, 15) is 4.79 Å². The molecule has 0 bridgehead atoms. The average Bonchev–Trinajstić information content (AvgIpc) is 2.48. The number of nitrogens with two attached hydrogens (primary N) is 1. The summed E-state index contributed by atoms with van der Waals surface area (Å²) in [4.78, 5) is 11.2. The van der Waals surface area contributed by atoms with Crippen LogP contribution in [-0.4, -0.2) is 12.5 Å². The number of carbonyl (C=O) groups excluding carboxylic acids is 1. The van der Waals surface area contributed by atoms with Gasteiger partial charge in [-0.15, -0.1) is 0 Å². The molecule has 0 aromatic heterocycles. The molecule has 6 heteroatoms. The fourth-order valence-corrected chi connectivity index (χ4v) is 2.38. The Morgan fingerprint density at radius 2 is 1.77 bits per heavy atom. The van der Waals surface area contributed by atoms with Crippen LogP contribution >= 0.6 is 23.2 Å². The molecule has 2 aromatic carbocycles. The van der Waals surface area contributed by atoms with Gasteiger partial charge in [0.15, 0.2) is 11.5 Å². The van der Waals surface area contributed by atoms with Crippen molar-refractivity contribution in [2.24, 2.45) is 5.73 Å². The van der Waals surface area contributed by atoms with E-state index in [1.54, 1.807) is 36.4 Å². The van der Waals surface area contributed by atoms with Gasteiger partial charge in [0.05, 0.1) is 6.61 Å². The summed E-state index contributed by atoms with van der Waals surface area (Å²) in [6.45, 7) is 2.46. The molecule has 0 radical (unpaired) electrons. The zero-order valence-corrected chi connectivity index (χ0v) is 13.4. The van der Waals surface area contributed by atoms with Gasteiger partial charge in [-0.3, -0.25) is 4.79 Å². The van der Waals surface area contributed by atoms with Crippen molar-refractivity contribution >= 4 is 29.1 Å². The van der Waals surface area contributed by atoms with Gasteiger partial charge in [-0.25, -0.2) is 0 Å². The highest BCUT2D eigenvalue weighted by Crippen LogP contribution is 2.31. The van der Waals surface area contributed by atoms with Crippen LogP contribution in [0.1, 0.15) is 22.8 Å². The number of primary amides is 1. The van der Waals surface area contributed by atoms with Gasteiger partial charge in [0.1, 0.15) is 6.61 Å². The van der Waals surface area contributed by atoms with Crippen molar-refractivity contribution in [2.75, 3.05) is 6.61 Å². The first-order chi connectivity index (χ1) is 10.5. The molecule has 0 saturated heterocycles. The maximum absolute atomic E-state index is 11.2. The van der Waals surface area contributed by atoms with Gasteiger partial charge < -0.3 is 15.2 Å². The fourth-order valence-electron chi connectivity index (χ4n) is 1.87. The molecule has 22 heavy (non-hydrogen) atoms. The second-order valence-electron chi connectivity index (χ2n) is 4.45. The number of rotatable bonds is 6. The SMILES string of the molecule is CCOc1cc(C(N)=O)ccc1OCc1c(Cl)cccc1Cl. The molecule has 2 aromatic rings. The van der Waals surface area contributed by atoms with Crippen LogP contribution in [0.25, 0.3) is 0 Å². The topological polar surface area (TPSA) is 61.5 Å². The number of ether oxygens (including phenoxy) is 2. The number of halogens is 2. The summed E-state index contributed by atoms with van der Waals surface area (Å²) < 4.78 is 11.2. The van der Waals surface area contributed by atoms with E-state index in [2.05, 4.69) is 0 Å². The Morgan fingerprint density at radius 3 is 2.36 bits per heavy atom. The molecule has 0 aliphatic rings. The number of benzene rings is 2. The number of hydrogen-bond acceptors (Lipinski definition) is 3. The summed E-state index contributed by atoms with van der Waals surface area (Å²) in [6.07, 6.45) is 0. The van der Waals surface area contributed by atoms with Crippen molar-refractivity contribution in [1.29, 1.82) is 0 Å². The molecule has 0 aliphatic heterocycles. The van der Waals surface area contributed by atoms with Crippen LogP contribution < -0.4 is 15.2 Å². The lowest BCUT2D eigenvalue weighted by molar-refractivity contribution is 0.0999. The molecule has 0 heterocycles. The Balaban J connectivity index is 2.23. The molecule has 0 spiro atoms. The highest BCUT2D eigenvalue weighted by Gasteiger charge is 2.12. The first kappa shape index (κ1) is 16.5. The lowest BCUT2D eigenvalue weighted by Crippen LogP contribution is -2.11. The summed E-state index contributed by atoms with van der Waals surface area (Å²) in [7, 11) is 0. The molecule has 0 fully saturated rings. The van der Waals surface area contributed by atoms with E-state index in [-0.39, 0.29) is 6.61 Å². The van der Waals surface area contributed by atoms with E-state index in [1.807, 2.05) is 6.92 Å². The van der Waals surface area contributed by atoms with Crippen LogP contribution in [-0.2, 0) is 6.61 Å². The molecular weight excluding hydrogens is 325 g/mol. The number of carbonyl (C=O) groups is 1. The van der Waals surface area contributed by atoms with Crippen LogP contribution in [0.2, 0.25) is 10.0 Å². The second kappa shape index (κ2) is 7.38. The molecule has 0 unspecified atom stereocenters. The second-order valence-corrected chi connectivity index (χ2v) is 5.26. The van der Waals surface area contributed by atoms with E-state index in [1.165, 1.54) is 0 Å². The molecule has 0 atom stereocenters. The standard InChI is InChI=1S/C16H15Cl2NO3/c1-2-21-15-8-10(16(19)20)6-7-14(15)22-9-11-12(17)4-3-5-13(11)18/h3-8H,2,9H2,1H3,(H2,19,20). The minimum Gasteiger partial charge on any atom is -0.490 e. The van der Waals surface area contributed by atoms with E-state index in [0.717, 1.165) is 0 Å². The number of hydrogen-bond donors (Lipinski definition) is 1. The lowest BCUT2D eigenvalue weighted by Gasteiger charge is -2.14. The van der Waals surface area contributed by atoms with Gasteiger partial charge in [0.2, 0.25) is 5.91 Å². The monoisotopic (exact) mass is 339 g/mol. The molecule has 1 amide bonds. The highest BCUT2D eigenvalue weighted by atomic mass is 35.5. The summed E-state index contributed by atoms with van der Waals surface area (Å²) >= 11 is 12.2. The predicted octanol–water partition coefficient (Wildman–Crippen LogP) is 4.07. The molecule has 0 saturated carbocycles. The van der Waals surface area contributed by atoms with Crippen molar-refractivity contribution in [3.63, 3.8) is 0 Å². The van der Waals surface area contributed by atoms with Crippen LogP contribution in [0.5, 0.6) is 11.5 Å². The quantitative estimate of drug-likeness (QED) is 0.862. The van der Waals surface area contributed by atoms with Gasteiger partial charge >= 0.3 is 0 Å². The van der Waals surface area contributed by atoms with E-state index >= 15 is 0 Å². The Kier molecular flexibility index (Phi) is 5.52. The van der Waals surface area contributed by atoms with Crippen LogP contribution in [0.3, 0.4) is 0 Å². The third kappa shape index (κ3) is 3.84. The van der Waals surface area contributed by atoms with Gasteiger partial charge in [0, 0.05) is 21.2 Å². The zero-order valence-electron chi connectivity index (χ0n) is 11.9. The van der Waals surface area contributed by atoms with Crippen molar-refractivity contribution in [3.8, 4) is 11.5 Å². The van der Waals surface area contributed by atoms with Gasteiger partial charge in [-0.2, -0.15) is 0 Å². The van der Waals surface area contributed by atoms with Gasteiger partial charge in [0.25, 0.3) is 0 Å². The van der Waals surface area contributed by atoms with Gasteiger partial charge in [-0.05, 0) is 37.3 Å². The van der Waals surface area contributed by atoms with E-state index < -0.39 is 5.91 Å². The molecule has 4 nitrogen and oxygen atoms in total. The Labute approximate surface area is 138 Å². The zero-order chi connectivity index (χ0) is 16.1. The Hall–Kier alpha value is -1.91. The van der Waals surface area contributed by atoms with Crippen LogP contribution in [0, 0.1) is 0 Å². The van der Waals surface area contributed by atoms with Crippen LogP contribution in [0.15, 0.2) is 36.4 Å². The lowest BCUT2D eigenvalue weighted by atomic mass is 10.2.